The van der Waals surface area contributed by atoms with Gasteiger partial charge in [0.25, 0.3) is 0 Å². The van der Waals surface area contributed by atoms with Crippen molar-refractivity contribution in [3.8, 4) is 0 Å². The Hall–Kier alpha value is -1.35. The second kappa shape index (κ2) is 6.19. The molecule has 15 heavy (non-hydrogen) atoms. The van der Waals surface area contributed by atoms with E-state index in [9.17, 15) is 4.79 Å². The van der Waals surface area contributed by atoms with Crippen molar-refractivity contribution in [1.82, 2.24) is 5.32 Å². The van der Waals surface area contributed by atoms with Gasteiger partial charge in [-0.2, -0.15) is 0 Å². The van der Waals surface area contributed by atoms with Gasteiger partial charge in [-0.3, -0.25) is 4.79 Å². The Kier molecular flexibility index (Phi) is 4.84. The number of aliphatic hydroxyl groups is 1. The van der Waals surface area contributed by atoms with Crippen molar-refractivity contribution in [3.05, 3.63) is 35.9 Å². The van der Waals surface area contributed by atoms with Crippen molar-refractivity contribution < 1.29 is 9.90 Å². The summed E-state index contributed by atoms with van der Waals surface area (Å²) in [6.45, 7) is 1.89. The summed E-state index contributed by atoms with van der Waals surface area (Å²) < 4.78 is 0. The predicted octanol–water partition coefficient (Wildman–Crippen LogP) is 1.64. The van der Waals surface area contributed by atoms with E-state index in [-0.39, 0.29) is 18.6 Å². The highest BCUT2D eigenvalue weighted by Gasteiger charge is 2.12. The molecule has 2 N–H and O–H groups in total. The van der Waals surface area contributed by atoms with Gasteiger partial charge in [-0.25, -0.2) is 0 Å². The van der Waals surface area contributed by atoms with E-state index in [4.69, 9.17) is 5.11 Å². The van der Waals surface area contributed by atoms with Crippen LogP contribution in [-0.4, -0.2) is 17.6 Å². The summed E-state index contributed by atoms with van der Waals surface area (Å²) in [4.78, 5) is 11.3. The van der Waals surface area contributed by atoms with Gasteiger partial charge in [0.2, 0.25) is 5.91 Å². The van der Waals surface area contributed by atoms with Crippen LogP contribution in [0.15, 0.2) is 30.3 Å². The molecule has 1 amide bonds. The predicted molar refractivity (Wildman–Crippen MR) is 59.3 cm³/mol. The maximum Gasteiger partial charge on any atom is 0.220 e. The molecular formula is C12H17NO2. The fourth-order valence-corrected chi connectivity index (χ4v) is 1.43. The normalized spacial score (nSPS) is 12.1. The van der Waals surface area contributed by atoms with Crippen molar-refractivity contribution in [2.75, 3.05) is 6.61 Å². The Bertz CT molecular complexity index is 298. The first-order valence-corrected chi connectivity index (χ1v) is 5.23. The summed E-state index contributed by atoms with van der Waals surface area (Å²) in [6, 6.07) is 9.62. The summed E-state index contributed by atoms with van der Waals surface area (Å²) in [5.74, 6) is 0.0114. The van der Waals surface area contributed by atoms with Crippen molar-refractivity contribution in [2.24, 2.45) is 0 Å². The first-order chi connectivity index (χ1) is 7.27. The maximum absolute atomic E-state index is 11.3. The molecule has 3 heteroatoms. The van der Waals surface area contributed by atoms with Crippen molar-refractivity contribution in [3.63, 3.8) is 0 Å². The molecule has 1 atom stereocenters. The third-order valence-electron chi connectivity index (χ3n) is 2.28. The van der Waals surface area contributed by atoms with Crippen LogP contribution in [0.1, 0.15) is 31.4 Å². The monoisotopic (exact) mass is 207 g/mol. The molecule has 82 valence electrons. The fraction of sp³-hybridized carbons (Fsp3) is 0.417. The Morgan fingerprint density at radius 3 is 2.60 bits per heavy atom. The molecule has 0 aromatic heterocycles. The topological polar surface area (TPSA) is 49.3 Å². The number of rotatable bonds is 5. The molecule has 0 aliphatic rings. The number of aliphatic hydroxyl groups excluding tert-OH is 1. The molecule has 0 heterocycles. The minimum atomic E-state index is -0.0800. The number of benzene rings is 1. The standard InChI is InChI=1S/C12H17NO2/c1-2-12(15)13-11(8-9-14)10-6-4-3-5-7-10/h3-7,11,14H,2,8-9H2,1H3,(H,13,15)/t11-/m1/s1. The zero-order valence-corrected chi connectivity index (χ0v) is 8.94. The number of nitrogens with one attached hydrogen (secondary N) is 1. The van der Waals surface area contributed by atoms with Crippen LogP contribution >= 0.6 is 0 Å². The lowest BCUT2D eigenvalue weighted by atomic mass is 10.0. The molecule has 0 saturated carbocycles. The molecule has 0 fully saturated rings. The minimum absolute atomic E-state index is 0.0114. The third kappa shape index (κ3) is 3.72. The average molecular weight is 207 g/mol. The van der Waals surface area contributed by atoms with Gasteiger partial charge in [0.05, 0.1) is 6.04 Å². The smallest absolute Gasteiger partial charge is 0.220 e. The van der Waals surface area contributed by atoms with E-state index < -0.39 is 0 Å². The van der Waals surface area contributed by atoms with Gasteiger partial charge in [0.1, 0.15) is 0 Å². The second-order valence-electron chi connectivity index (χ2n) is 3.40. The van der Waals surface area contributed by atoms with E-state index >= 15 is 0 Å². The highest BCUT2D eigenvalue weighted by Crippen LogP contribution is 2.15. The summed E-state index contributed by atoms with van der Waals surface area (Å²) in [5.41, 5.74) is 1.04. The van der Waals surface area contributed by atoms with Gasteiger partial charge >= 0.3 is 0 Å². The van der Waals surface area contributed by atoms with Crippen LogP contribution in [0.2, 0.25) is 0 Å². The Labute approximate surface area is 90.1 Å². The average Bonchev–Trinajstić information content (AvgIpc) is 2.29. The molecule has 0 unspecified atom stereocenters. The first-order valence-electron chi connectivity index (χ1n) is 5.23. The molecule has 0 aliphatic heterocycles. The lowest BCUT2D eigenvalue weighted by Crippen LogP contribution is -2.28. The van der Waals surface area contributed by atoms with Crippen LogP contribution in [0.4, 0.5) is 0 Å². The fourth-order valence-electron chi connectivity index (χ4n) is 1.43. The van der Waals surface area contributed by atoms with Crippen molar-refractivity contribution >= 4 is 5.91 Å². The summed E-state index contributed by atoms with van der Waals surface area (Å²) >= 11 is 0. The molecule has 0 bridgehead atoms. The van der Waals surface area contributed by atoms with Gasteiger partial charge < -0.3 is 10.4 Å². The van der Waals surface area contributed by atoms with E-state index in [2.05, 4.69) is 5.32 Å². The van der Waals surface area contributed by atoms with E-state index in [1.807, 2.05) is 37.3 Å². The number of carbonyl (C=O) groups is 1. The zero-order valence-electron chi connectivity index (χ0n) is 8.94. The Morgan fingerprint density at radius 2 is 2.07 bits per heavy atom. The molecule has 3 nitrogen and oxygen atoms in total. The van der Waals surface area contributed by atoms with E-state index in [0.29, 0.717) is 12.8 Å². The van der Waals surface area contributed by atoms with Crippen molar-refractivity contribution in [1.29, 1.82) is 0 Å². The van der Waals surface area contributed by atoms with E-state index in [1.165, 1.54) is 0 Å². The van der Waals surface area contributed by atoms with Gasteiger partial charge in [0, 0.05) is 13.0 Å². The third-order valence-corrected chi connectivity index (χ3v) is 2.28. The lowest BCUT2D eigenvalue weighted by Gasteiger charge is -2.17. The molecule has 0 saturated heterocycles. The van der Waals surface area contributed by atoms with E-state index in [1.54, 1.807) is 0 Å². The summed E-state index contributed by atoms with van der Waals surface area (Å²) in [6.07, 6.45) is 1.02. The second-order valence-corrected chi connectivity index (χ2v) is 3.40. The molecule has 1 aromatic carbocycles. The van der Waals surface area contributed by atoms with Crippen LogP contribution in [0.25, 0.3) is 0 Å². The molecule has 1 rings (SSSR count). The quantitative estimate of drug-likeness (QED) is 0.771. The van der Waals surface area contributed by atoms with Gasteiger partial charge in [-0.1, -0.05) is 37.3 Å². The Morgan fingerprint density at radius 1 is 1.40 bits per heavy atom. The van der Waals surface area contributed by atoms with Gasteiger partial charge in [0.15, 0.2) is 0 Å². The highest BCUT2D eigenvalue weighted by molar-refractivity contribution is 5.76. The number of hydrogen-bond acceptors (Lipinski definition) is 2. The van der Waals surface area contributed by atoms with E-state index in [0.717, 1.165) is 5.56 Å². The van der Waals surface area contributed by atoms with Gasteiger partial charge in [-0.05, 0) is 12.0 Å². The summed E-state index contributed by atoms with van der Waals surface area (Å²) in [7, 11) is 0. The molecule has 1 aromatic rings. The number of carbonyl (C=O) groups excluding carboxylic acids is 1. The molecule has 0 aliphatic carbocycles. The van der Waals surface area contributed by atoms with Crippen LogP contribution in [0, 0.1) is 0 Å². The van der Waals surface area contributed by atoms with Crippen LogP contribution < -0.4 is 5.32 Å². The van der Waals surface area contributed by atoms with Crippen molar-refractivity contribution in [2.45, 2.75) is 25.8 Å². The molecule has 0 radical (unpaired) electrons. The SMILES string of the molecule is CCC(=O)N[C@H](CCO)c1ccccc1. The summed E-state index contributed by atoms with van der Waals surface area (Å²) in [5, 5.41) is 11.8. The molecular weight excluding hydrogens is 190 g/mol. The maximum atomic E-state index is 11.3. The van der Waals surface area contributed by atoms with Crippen LogP contribution in [0.5, 0.6) is 0 Å². The highest BCUT2D eigenvalue weighted by atomic mass is 16.3. The van der Waals surface area contributed by atoms with Crippen LogP contribution in [0.3, 0.4) is 0 Å². The number of hydrogen-bond donors (Lipinski definition) is 2. The number of amides is 1. The minimum Gasteiger partial charge on any atom is -0.396 e. The zero-order chi connectivity index (χ0) is 11.1. The largest absolute Gasteiger partial charge is 0.396 e. The molecule has 0 spiro atoms. The van der Waals surface area contributed by atoms with Gasteiger partial charge in [-0.15, -0.1) is 0 Å². The lowest BCUT2D eigenvalue weighted by molar-refractivity contribution is -0.121. The van der Waals surface area contributed by atoms with Crippen LogP contribution in [-0.2, 0) is 4.79 Å². The first kappa shape index (κ1) is 11.7. The Balaban J connectivity index is 2.70.